The third-order valence-electron chi connectivity index (χ3n) is 12.0. The van der Waals surface area contributed by atoms with E-state index in [1.54, 1.807) is 34.0 Å². The van der Waals surface area contributed by atoms with Crippen LogP contribution in [0.4, 0.5) is 11.5 Å². The number of benzene rings is 3. The quantitative estimate of drug-likeness (QED) is 0.0649. The molecule has 3 aliphatic rings. The third-order valence-corrected chi connectivity index (χ3v) is 12.0. The molecule has 22 nitrogen and oxygen atoms in total. The molecule has 2 atom stereocenters. The van der Waals surface area contributed by atoms with E-state index in [4.69, 9.17) is 34.5 Å². The summed E-state index contributed by atoms with van der Waals surface area (Å²) in [6, 6.07) is 20.9. The summed E-state index contributed by atoms with van der Waals surface area (Å²) < 4.78 is 32.0. The fraction of sp³-hybridized carbons (Fsp3) is 0.375. The van der Waals surface area contributed by atoms with Gasteiger partial charge in [-0.2, -0.15) is 5.10 Å². The number of hydrogen-bond donors (Lipinski definition) is 3. The van der Waals surface area contributed by atoms with Crippen LogP contribution in [0.2, 0.25) is 0 Å². The number of carbonyl (C=O) groups excluding carboxylic acids is 5. The summed E-state index contributed by atoms with van der Waals surface area (Å²) in [4.78, 5) is 75.5. The third kappa shape index (κ3) is 10.8. The topological polar surface area (TPSA) is 262 Å². The van der Waals surface area contributed by atoms with Gasteiger partial charge in [-0.05, 0) is 67.8 Å². The summed E-state index contributed by atoms with van der Waals surface area (Å²) in [5, 5.41) is 19.3. The van der Waals surface area contributed by atoms with E-state index in [2.05, 4.69) is 30.9 Å². The fourth-order valence-electron chi connectivity index (χ4n) is 8.60. The first-order valence-corrected chi connectivity index (χ1v) is 23.1. The molecule has 0 bridgehead atoms. The average molecular weight is 957 g/mol. The number of nitrogen functional groups attached to an aromatic ring is 1. The Morgan fingerprint density at radius 1 is 0.800 bits per heavy atom. The van der Waals surface area contributed by atoms with E-state index in [1.807, 2.05) is 59.3 Å². The zero-order valence-corrected chi connectivity index (χ0v) is 38.2. The molecule has 6 aromatic rings. The molecule has 0 saturated carbocycles. The van der Waals surface area contributed by atoms with Crippen molar-refractivity contribution in [2.45, 2.75) is 44.3 Å². The van der Waals surface area contributed by atoms with Gasteiger partial charge in [0, 0.05) is 37.3 Å². The predicted molar refractivity (Wildman–Crippen MR) is 251 cm³/mol. The average Bonchev–Trinajstić information content (AvgIpc) is 4.08. The van der Waals surface area contributed by atoms with E-state index < -0.39 is 29.7 Å². The number of rotatable bonds is 22. The SMILES string of the molecule is Nc1ncnc2c1c(-c1ccc(Oc3ccccc3)cc1)nn2[C@@H]1CCCN(C(=O)c2cn(CCOCCOCCOCCOCCNc3cccc4c3C(=O)N(C3CCC(=O)NC3=O)C4=O)nn2)C1. The van der Waals surface area contributed by atoms with Crippen molar-refractivity contribution in [2.24, 2.45) is 0 Å². The molecule has 6 heterocycles. The number of ether oxygens (including phenoxy) is 5. The number of imide groups is 2. The number of para-hydroxylation sites is 1. The predicted octanol–water partition coefficient (Wildman–Crippen LogP) is 3.52. The molecule has 4 N–H and O–H groups in total. The standard InChI is InChI=1S/C48H52N12O10/c49-43-41-42(31-11-13-34(14-12-31)70-33-7-2-1-3-8-33)55-60(44(41)52-30-51-43)32-6-5-18-57(28-32)47(64)37-29-58(56-54-37)19-21-67-23-25-69-27-26-68-24-22-66-20-17-50-36-10-4-9-35-40(36)48(65)59(46(35)63)38-15-16-39(61)53-45(38)62/h1-4,7-14,29-30,32,38,50H,5-6,15-28H2,(H2,49,51,52)(H,53,61,62)/t32-,38?/m1/s1. The second kappa shape index (κ2) is 22.2. The molecule has 364 valence electrons. The number of amides is 5. The summed E-state index contributed by atoms with van der Waals surface area (Å²) in [6.07, 6.45) is 4.75. The minimum absolute atomic E-state index is 0.0527. The van der Waals surface area contributed by atoms with Crippen molar-refractivity contribution < 1.29 is 47.7 Å². The van der Waals surface area contributed by atoms with Crippen LogP contribution in [0.1, 0.15) is 62.9 Å². The monoisotopic (exact) mass is 956 g/mol. The van der Waals surface area contributed by atoms with Crippen LogP contribution in [-0.4, -0.2) is 153 Å². The molecule has 3 aromatic carbocycles. The minimum atomic E-state index is -1.03. The second-order valence-corrected chi connectivity index (χ2v) is 16.7. The summed E-state index contributed by atoms with van der Waals surface area (Å²) in [7, 11) is 0. The maximum absolute atomic E-state index is 13.7. The van der Waals surface area contributed by atoms with Crippen molar-refractivity contribution in [2.75, 3.05) is 83.5 Å². The molecule has 3 aliphatic heterocycles. The van der Waals surface area contributed by atoms with Crippen LogP contribution in [0.3, 0.4) is 0 Å². The van der Waals surface area contributed by atoms with Gasteiger partial charge < -0.3 is 39.6 Å². The smallest absolute Gasteiger partial charge is 0.276 e. The number of carbonyl (C=O) groups is 5. The lowest BCUT2D eigenvalue weighted by atomic mass is 10.0. The van der Waals surface area contributed by atoms with Crippen LogP contribution < -0.4 is 21.1 Å². The minimum Gasteiger partial charge on any atom is -0.457 e. The Bertz CT molecular complexity index is 2840. The van der Waals surface area contributed by atoms with E-state index in [0.29, 0.717) is 113 Å². The number of anilines is 2. The normalized spacial score (nSPS) is 17.0. The molecule has 2 saturated heterocycles. The number of piperidine rings is 2. The van der Waals surface area contributed by atoms with Gasteiger partial charge in [0.25, 0.3) is 17.7 Å². The van der Waals surface area contributed by atoms with Crippen molar-refractivity contribution in [3.8, 4) is 22.8 Å². The van der Waals surface area contributed by atoms with Crippen molar-refractivity contribution in [1.82, 2.24) is 49.9 Å². The molecule has 2 fully saturated rings. The number of aromatic nitrogens is 7. The molecule has 1 unspecified atom stereocenters. The first kappa shape index (κ1) is 47.4. The largest absolute Gasteiger partial charge is 0.457 e. The van der Waals surface area contributed by atoms with E-state index in [0.717, 1.165) is 29.1 Å². The highest BCUT2D eigenvalue weighted by Gasteiger charge is 2.45. The fourth-order valence-corrected chi connectivity index (χ4v) is 8.60. The van der Waals surface area contributed by atoms with Crippen LogP contribution in [0, 0.1) is 0 Å². The van der Waals surface area contributed by atoms with Gasteiger partial charge in [0.05, 0.1) is 88.2 Å². The maximum atomic E-state index is 13.7. The first-order valence-electron chi connectivity index (χ1n) is 23.1. The lowest BCUT2D eigenvalue weighted by Gasteiger charge is -2.32. The Morgan fingerprint density at radius 3 is 2.29 bits per heavy atom. The van der Waals surface area contributed by atoms with Crippen molar-refractivity contribution in [3.63, 3.8) is 0 Å². The molecule has 70 heavy (non-hydrogen) atoms. The number of nitrogens with two attached hydrogens (primary N) is 1. The Kier molecular flexibility index (Phi) is 15.0. The van der Waals surface area contributed by atoms with Gasteiger partial charge in [0.15, 0.2) is 11.3 Å². The van der Waals surface area contributed by atoms with E-state index in [1.165, 1.54) is 6.33 Å². The van der Waals surface area contributed by atoms with Gasteiger partial charge in [-0.3, -0.25) is 34.2 Å². The molecular weight excluding hydrogens is 905 g/mol. The number of hydrogen-bond acceptors (Lipinski definition) is 17. The summed E-state index contributed by atoms with van der Waals surface area (Å²) >= 11 is 0. The Labute approximate surface area is 401 Å². The Hall–Kier alpha value is -7.66. The number of fused-ring (bicyclic) bond motifs is 2. The molecule has 0 radical (unpaired) electrons. The lowest BCUT2D eigenvalue weighted by molar-refractivity contribution is -0.136. The molecular formula is C48H52N12O10. The highest BCUT2D eigenvalue weighted by Crippen LogP contribution is 2.36. The molecule has 0 spiro atoms. The van der Waals surface area contributed by atoms with Gasteiger partial charge in [-0.25, -0.2) is 19.3 Å². The van der Waals surface area contributed by atoms with Crippen LogP contribution in [0.15, 0.2) is 85.3 Å². The van der Waals surface area contributed by atoms with Gasteiger partial charge in [0.2, 0.25) is 11.8 Å². The number of nitrogens with zero attached hydrogens (tertiary/aromatic N) is 9. The maximum Gasteiger partial charge on any atom is 0.276 e. The molecule has 0 aliphatic carbocycles. The van der Waals surface area contributed by atoms with Crippen LogP contribution >= 0.6 is 0 Å². The first-order chi connectivity index (χ1) is 34.2. The van der Waals surface area contributed by atoms with E-state index in [9.17, 15) is 24.0 Å². The molecule has 3 aromatic heterocycles. The van der Waals surface area contributed by atoms with E-state index in [-0.39, 0.29) is 41.6 Å². The van der Waals surface area contributed by atoms with Gasteiger partial charge in [-0.1, -0.05) is 29.5 Å². The molecule has 9 rings (SSSR count). The van der Waals surface area contributed by atoms with Crippen molar-refractivity contribution >= 4 is 52.1 Å². The zero-order valence-electron chi connectivity index (χ0n) is 38.2. The highest BCUT2D eigenvalue weighted by atomic mass is 16.6. The second-order valence-electron chi connectivity index (χ2n) is 16.7. The summed E-state index contributed by atoms with van der Waals surface area (Å²) in [5.74, 6) is -0.691. The number of likely N-dealkylation sites (tertiary alicyclic amines) is 1. The summed E-state index contributed by atoms with van der Waals surface area (Å²) in [6.45, 7) is 4.56. The van der Waals surface area contributed by atoms with Crippen LogP contribution in [-0.2, 0) is 35.1 Å². The van der Waals surface area contributed by atoms with Crippen molar-refractivity contribution in [3.05, 3.63) is 102 Å². The number of nitrogens with one attached hydrogen (secondary N) is 2. The van der Waals surface area contributed by atoms with Crippen LogP contribution in [0.25, 0.3) is 22.3 Å². The van der Waals surface area contributed by atoms with Gasteiger partial charge >= 0.3 is 0 Å². The van der Waals surface area contributed by atoms with Crippen LogP contribution in [0.5, 0.6) is 11.5 Å². The van der Waals surface area contributed by atoms with E-state index >= 15 is 0 Å². The van der Waals surface area contributed by atoms with Gasteiger partial charge in [-0.15, -0.1) is 5.10 Å². The highest BCUT2D eigenvalue weighted by molar-refractivity contribution is 6.25. The molecule has 5 amide bonds. The zero-order chi connectivity index (χ0) is 48.4. The summed E-state index contributed by atoms with van der Waals surface area (Å²) in [5.41, 5.74) is 9.59. The van der Waals surface area contributed by atoms with Crippen molar-refractivity contribution in [1.29, 1.82) is 0 Å². The Balaban J connectivity index is 0.642. The molecule has 22 heteroatoms. The Morgan fingerprint density at radius 2 is 1.53 bits per heavy atom. The van der Waals surface area contributed by atoms with Gasteiger partial charge in [0.1, 0.15) is 35.4 Å². The lowest BCUT2D eigenvalue weighted by Crippen LogP contribution is -2.54.